The van der Waals surface area contributed by atoms with Gasteiger partial charge in [-0.2, -0.15) is 0 Å². The van der Waals surface area contributed by atoms with Gasteiger partial charge >= 0.3 is 11.9 Å². The molecule has 4 aromatic rings. The molecule has 3 saturated heterocycles. The van der Waals surface area contributed by atoms with Crippen molar-refractivity contribution in [2.24, 2.45) is 0 Å². The van der Waals surface area contributed by atoms with Gasteiger partial charge in [0.05, 0.1) is 0 Å². The van der Waals surface area contributed by atoms with Gasteiger partial charge in [0.25, 0.3) is 5.91 Å². The van der Waals surface area contributed by atoms with Gasteiger partial charge in [-0.05, 0) is 65.7 Å². The van der Waals surface area contributed by atoms with Gasteiger partial charge in [-0.15, -0.1) is 0 Å². The van der Waals surface area contributed by atoms with Crippen molar-refractivity contribution in [2.75, 3.05) is 11.5 Å². The van der Waals surface area contributed by atoms with Crippen LogP contribution in [0.4, 0.5) is 10.1 Å². The van der Waals surface area contributed by atoms with Gasteiger partial charge in [0, 0.05) is 16.8 Å². The van der Waals surface area contributed by atoms with Gasteiger partial charge < -0.3 is 64.5 Å². The second kappa shape index (κ2) is 17.4. The van der Waals surface area contributed by atoms with Crippen LogP contribution in [0.2, 0.25) is 0 Å². The Hall–Kier alpha value is -5.87. The Balaban J connectivity index is 1.26. The van der Waals surface area contributed by atoms with E-state index in [4.69, 9.17) is 23.7 Å². The lowest BCUT2D eigenvalue weighted by Crippen LogP contribution is -2.62. The van der Waals surface area contributed by atoms with Gasteiger partial charge in [-0.25, -0.2) is 14.0 Å². The molecule has 4 aromatic carbocycles. The molecule has 0 aromatic heterocycles. The summed E-state index contributed by atoms with van der Waals surface area (Å²) in [6.45, 7) is -0.598. The third kappa shape index (κ3) is 8.30. The third-order valence-electron chi connectivity index (χ3n) is 10.3. The molecule has 0 bridgehead atoms. The number of amides is 1. The smallest absolute Gasteiger partial charge is 0.335 e. The highest BCUT2D eigenvalue weighted by molar-refractivity contribution is 6.06. The van der Waals surface area contributed by atoms with Crippen LogP contribution in [0.1, 0.15) is 22.0 Å². The van der Waals surface area contributed by atoms with Gasteiger partial charge in [0.15, 0.2) is 24.1 Å². The normalized spacial score (nSPS) is 30.2. The van der Waals surface area contributed by atoms with Crippen molar-refractivity contribution in [3.8, 4) is 22.6 Å². The number of ether oxygens (including phenoxy) is 5. The first-order chi connectivity index (χ1) is 28.6. The molecule has 0 radical (unpaired) electrons. The lowest BCUT2D eigenvalue weighted by molar-refractivity contribution is -0.271. The molecule has 19 heteroatoms. The quantitative estimate of drug-likeness (QED) is 0.0668. The van der Waals surface area contributed by atoms with E-state index in [0.29, 0.717) is 16.8 Å². The maximum Gasteiger partial charge on any atom is 0.335 e. The molecule has 316 valence electrons. The fourth-order valence-electron chi connectivity index (χ4n) is 7.06. The summed E-state index contributed by atoms with van der Waals surface area (Å²) in [5.41, 5.74) is 1.42. The number of ketones is 1. The van der Waals surface area contributed by atoms with Crippen molar-refractivity contribution in [1.29, 1.82) is 0 Å². The number of nitrogens with zero attached hydrogens (tertiary/aromatic N) is 1. The first-order valence-corrected chi connectivity index (χ1v) is 18.4. The number of aliphatic carboxylic acids is 2. The average molecular weight is 836 g/mol. The van der Waals surface area contributed by atoms with Crippen LogP contribution in [0.5, 0.6) is 11.5 Å². The molecule has 12 atom stereocenters. The van der Waals surface area contributed by atoms with Crippen molar-refractivity contribution < 1.29 is 88.1 Å². The van der Waals surface area contributed by atoms with Crippen LogP contribution >= 0.6 is 0 Å². The molecular formula is C41H38FNO17. The molecule has 0 saturated carbocycles. The fraction of sp³-hybridized carbons (Fsp3) is 0.317. The van der Waals surface area contributed by atoms with Gasteiger partial charge in [-0.1, -0.05) is 42.5 Å². The highest BCUT2D eigenvalue weighted by Crippen LogP contribution is 2.46. The Kier molecular flexibility index (Phi) is 12.2. The summed E-state index contributed by atoms with van der Waals surface area (Å²) in [7, 11) is 0. The lowest BCUT2D eigenvalue weighted by Gasteiger charge is -2.47. The minimum atomic E-state index is -2.04. The molecule has 3 aliphatic rings. The molecular weight excluding hydrogens is 797 g/mol. The molecule has 3 heterocycles. The largest absolute Gasteiger partial charge is 0.479 e. The first kappa shape index (κ1) is 42.3. The monoisotopic (exact) mass is 835 g/mol. The number of Topliss-reactive ketones (excluding diaryl/α,β-unsaturated/α-hetero) is 1. The summed E-state index contributed by atoms with van der Waals surface area (Å²) in [5.74, 6) is -5.12. The van der Waals surface area contributed by atoms with E-state index in [1.54, 1.807) is 42.5 Å². The van der Waals surface area contributed by atoms with Crippen LogP contribution in [0.3, 0.4) is 0 Å². The number of β-lactam (4-membered cyclic amide) rings is 1. The lowest BCUT2D eigenvalue weighted by atomic mass is 9.87. The van der Waals surface area contributed by atoms with Crippen LogP contribution < -0.4 is 14.4 Å². The van der Waals surface area contributed by atoms with Crippen molar-refractivity contribution in [1.82, 2.24) is 0 Å². The summed E-state index contributed by atoms with van der Waals surface area (Å²) in [4.78, 5) is 51.8. The van der Waals surface area contributed by atoms with E-state index < -0.39 is 110 Å². The summed E-state index contributed by atoms with van der Waals surface area (Å²) < 4.78 is 41.9. The van der Waals surface area contributed by atoms with Gasteiger partial charge in [0.2, 0.25) is 12.6 Å². The standard InChI is InChI=1S/C41H38FNO17/c42-21-12-9-18(10-13-21)25(44)17-56-34-27(43(37(34)51)22-6-2-1-3-7-22)24-14-11-20(16-26(24)58-41-33(50)29(46)31(48)36(60-41)39(54)55)19-5-4-8-23(15-19)57-40-32(49)28(45)30(47)35(59-40)38(52)53/h1-16,27-36,40-41,45-50H,17H2,(H,52,53)(H,54,55)/t27-,28?,29?,30?,31?,32?,33?,34-,35?,36?,40-,41-/m1/s1. The van der Waals surface area contributed by atoms with E-state index >= 15 is 0 Å². The van der Waals surface area contributed by atoms with Crippen LogP contribution in [0, 0.1) is 5.82 Å². The molecule has 3 aliphatic heterocycles. The number of halogens is 1. The topological polar surface area (TPSA) is 280 Å². The Labute approximate surface area is 338 Å². The van der Waals surface area contributed by atoms with Crippen LogP contribution in [-0.4, -0.2) is 139 Å². The van der Waals surface area contributed by atoms with Crippen molar-refractivity contribution in [3.05, 3.63) is 114 Å². The number of aliphatic hydroxyl groups is 6. The number of carbonyl (C=O) groups excluding carboxylic acids is 2. The zero-order valence-electron chi connectivity index (χ0n) is 31.0. The number of hydrogen-bond acceptors (Lipinski definition) is 15. The average Bonchev–Trinajstić information content (AvgIpc) is 3.23. The number of carboxylic acids is 2. The number of rotatable bonds is 13. The van der Waals surface area contributed by atoms with Crippen molar-refractivity contribution in [2.45, 2.75) is 73.6 Å². The Morgan fingerprint density at radius 3 is 1.83 bits per heavy atom. The highest BCUT2D eigenvalue weighted by Gasteiger charge is 2.53. The van der Waals surface area contributed by atoms with E-state index in [1.807, 2.05) is 0 Å². The summed E-state index contributed by atoms with van der Waals surface area (Å²) >= 11 is 0. The fourth-order valence-corrected chi connectivity index (χ4v) is 7.06. The molecule has 1 amide bonds. The Morgan fingerprint density at radius 2 is 1.23 bits per heavy atom. The molecule has 8 unspecified atom stereocenters. The molecule has 8 N–H and O–H groups in total. The number of hydrogen-bond donors (Lipinski definition) is 8. The summed E-state index contributed by atoms with van der Waals surface area (Å²) in [6.07, 6.45) is -20.8. The number of aliphatic hydroxyl groups excluding tert-OH is 6. The Bertz CT molecular complexity index is 2230. The predicted molar refractivity (Wildman–Crippen MR) is 199 cm³/mol. The number of carboxylic acid groups (broad SMARTS) is 2. The van der Waals surface area contributed by atoms with Gasteiger partial charge in [0.1, 0.15) is 66.6 Å². The second-order valence-corrected chi connectivity index (χ2v) is 14.1. The molecule has 0 spiro atoms. The van der Waals surface area contributed by atoms with Crippen LogP contribution in [0.15, 0.2) is 97.1 Å². The maximum absolute atomic E-state index is 13.8. The molecule has 0 aliphatic carbocycles. The predicted octanol–water partition coefficient (Wildman–Crippen LogP) is 0.391. The van der Waals surface area contributed by atoms with E-state index in [0.717, 1.165) is 12.1 Å². The number of benzene rings is 4. The zero-order valence-corrected chi connectivity index (χ0v) is 31.0. The Morgan fingerprint density at radius 1 is 0.650 bits per heavy atom. The molecule has 7 rings (SSSR count). The zero-order chi connectivity index (χ0) is 43.0. The number of para-hydroxylation sites is 1. The third-order valence-corrected chi connectivity index (χ3v) is 10.3. The van der Waals surface area contributed by atoms with E-state index in [9.17, 15) is 64.4 Å². The molecule has 18 nitrogen and oxygen atoms in total. The first-order valence-electron chi connectivity index (χ1n) is 18.4. The van der Waals surface area contributed by atoms with Crippen molar-refractivity contribution >= 4 is 29.3 Å². The van der Waals surface area contributed by atoms with Gasteiger partial charge in [-0.3, -0.25) is 14.5 Å². The van der Waals surface area contributed by atoms with Crippen molar-refractivity contribution in [3.63, 3.8) is 0 Å². The molecule has 3 fully saturated rings. The van der Waals surface area contributed by atoms with Crippen LogP contribution in [0.25, 0.3) is 11.1 Å². The summed E-state index contributed by atoms with van der Waals surface area (Å²) in [5, 5.41) is 81.8. The second-order valence-electron chi connectivity index (χ2n) is 14.1. The van der Waals surface area contributed by atoms with E-state index in [-0.39, 0.29) is 22.6 Å². The van der Waals surface area contributed by atoms with E-state index in [1.165, 1.54) is 47.4 Å². The minimum Gasteiger partial charge on any atom is -0.479 e. The number of anilines is 1. The number of carbonyl (C=O) groups is 4. The van der Waals surface area contributed by atoms with Crippen LogP contribution in [-0.2, 0) is 28.6 Å². The highest BCUT2D eigenvalue weighted by atomic mass is 19.1. The summed E-state index contributed by atoms with van der Waals surface area (Å²) in [6, 6.07) is 22.5. The minimum absolute atomic E-state index is 0.00222. The SMILES string of the molecule is O=C(CO[C@H]1C(=O)N(c2ccccc2)[C@@H]1c1ccc(-c2cccc(O[C@@H]3OC(C(=O)O)C(O)C(O)C3O)c2)cc1O[C@@H]1OC(C(=O)O)C(O)C(O)C1O)c1ccc(F)cc1. The maximum atomic E-state index is 13.8. The van der Waals surface area contributed by atoms with E-state index in [2.05, 4.69) is 0 Å². The molecule has 60 heavy (non-hydrogen) atoms.